The number of pyridine rings is 1. The van der Waals surface area contributed by atoms with Crippen LogP contribution in [0.25, 0.3) is 0 Å². The molecule has 1 aliphatic rings. The highest BCUT2D eigenvalue weighted by molar-refractivity contribution is 5.85. The molecular weight excluding hydrogens is 256 g/mol. The van der Waals surface area contributed by atoms with E-state index in [9.17, 15) is 4.79 Å². The van der Waals surface area contributed by atoms with E-state index in [0.717, 1.165) is 26.0 Å². The van der Waals surface area contributed by atoms with Crippen molar-refractivity contribution in [2.24, 2.45) is 5.41 Å². The Morgan fingerprint density at radius 3 is 2.80 bits per heavy atom. The Labute approximate surface area is 119 Å². The molecule has 110 valence electrons. The average molecular weight is 278 g/mol. The number of nitrogens with zero attached hydrogens (tertiary/aromatic N) is 1. The fourth-order valence-electron chi connectivity index (χ4n) is 2.91. The number of hydrogen-bond acceptors (Lipinski definition) is 4. The summed E-state index contributed by atoms with van der Waals surface area (Å²) >= 11 is 0. The molecule has 1 fully saturated rings. The molecule has 0 aliphatic heterocycles. The Morgan fingerprint density at radius 1 is 1.40 bits per heavy atom. The number of carboxylic acid groups (broad SMARTS) is 1. The van der Waals surface area contributed by atoms with Crippen LogP contribution in [0.2, 0.25) is 0 Å². The van der Waals surface area contributed by atoms with Gasteiger partial charge in [-0.25, -0.2) is 9.78 Å². The van der Waals surface area contributed by atoms with E-state index in [1.54, 1.807) is 19.2 Å². The van der Waals surface area contributed by atoms with Crippen molar-refractivity contribution in [2.45, 2.75) is 32.1 Å². The van der Waals surface area contributed by atoms with Crippen LogP contribution in [-0.4, -0.2) is 36.3 Å². The van der Waals surface area contributed by atoms with Crippen molar-refractivity contribution in [1.82, 2.24) is 4.98 Å². The number of methoxy groups -OCH3 is 1. The minimum atomic E-state index is -1.00. The number of nitrogens with one attached hydrogen (secondary N) is 1. The monoisotopic (exact) mass is 278 g/mol. The molecule has 1 heterocycles. The lowest BCUT2D eigenvalue weighted by Crippen LogP contribution is -2.36. The van der Waals surface area contributed by atoms with Crippen LogP contribution in [0, 0.1) is 5.41 Å². The molecule has 0 bridgehead atoms. The first kappa shape index (κ1) is 14.8. The van der Waals surface area contributed by atoms with Gasteiger partial charge in [0, 0.05) is 19.1 Å². The molecule has 20 heavy (non-hydrogen) atoms. The van der Waals surface area contributed by atoms with Gasteiger partial charge < -0.3 is 15.2 Å². The molecule has 0 radical (unpaired) electrons. The molecular formula is C15H22N2O3. The summed E-state index contributed by atoms with van der Waals surface area (Å²) < 4.78 is 5.38. The lowest BCUT2D eigenvalue weighted by Gasteiger charge is -2.37. The SMILES string of the molecule is COCC1(CNc2cccc(C(=O)O)n2)CCCCC1. The van der Waals surface area contributed by atoms with E-state index in [2.05, 4.69) is 10.3 Å². The topological polar surface area (TPSA) is 71.5 Å². The standard InChI is InChI=1S/C15H22N2O3/c1-20-11-15(8-3-2-4-9-15)10-16-13-7-5-6-12(17-13)14(18)19/h5-7H,2-4,8-11H2,1H3,(H,16,17)(H,18,19). The largest absolute Gasteiger partial charge is 0.477 e. The predicted octanol–water partition coefficient (Wildman–Crippen LogP) is 2.79. The van der Waals surface area contributed by atoms with E-state index in [4.69, 9.17) is 9.84 Å². The minimum Gasteiger partial charge on any atom is -0.477 e. The number of carboxylic acids is 1. The lowest BCUT2D eigenvalue weighted by atomic mass is 9.74. The van der Waals surface area contributed by atoms with Gasteiger partial charge in [-0.1, -0.05) is 25.3 Å². The van der Waals surface area contributed by atoms with Crippen LogP contribution in [0.15, 0.2) is 18.2 Å². The summed E-state index contributed by atoms with van der Waals surface area (Å²) in [5.41, 5.74) is 0.216. The smallest absolute Gasteiger partial charge is 0.354 e. The quantitative estimate of drug-likeness (QED) is 0.837. The van der Waals surface area contributed by atoms with Crippen LogP contribution in [0.3, 0.4) is 0 Å². The van der Waals surface area contributed by atoms with Crippen molar-refractivity contribution in [2.75, 3.05) is 25.6 Å². The van der Waals surface area contributed by atoms with Crippen molar-refractivity contribution >= 4 is 11.8 Å². The zero-order valence-electron chi connectivity index (χ0n) is 11.9. The third-order valence-corrected chi connectivity index (χ3v) is 3.98. The molecule has 5 heteroatoms. The second-order valence-corrected chi connectivity index (χ2v) is 5.56. The van der Waals surface area contributed by atoms with E-state index < -0.39 is 5.97 Å². The number of anilines is 1. The van der Waals surface area contributed by atoms with Gasteiger partial charge in [-0.15, -0.1) is 0 Å². The third kappa shape index (κ3) is 3.70. The first-order valence-electron chi connectivity index (χ1n) is 7.08. The van der Waals surface area contributed by atoms with E-state index in [1.807, 2.05) is 0 Å². The lowest BCUT2D eigenvalue weighted by molar-refractivity contribution is 0.0582. The van der Waals surface area contributed by atoms with Gasteiger partial charge in [0.15, 0.2) is 5.69 Å². The molecule has 0 unspecified atom stereocenters. The van der Waals surface area contributed by atoms with Gasteiger partial charge >= 0.3 is 5.97 Å². The Bertz CT molecular complexity index is 451. The Hall–Kier alpha value is -1.62. The summed E-state index contributed by atoms with van der Waals surface area (Å²) in [5, 5.41) is 12.2. The van der Waals surface area contributed by atoms with Crippen LogP contribution in [0.1, 0.15) is 42.6 Å². The van der Waals surface area contributed by atoms with Crippen molar-refractivity contribution < 1.29 is 14.6 Å². The van der Waals surface area contributed by atoms with Gasteiger partial charge in [-0.2, -0.15) is 0 Å². The van der Waals surface area contributed by atoms with Crippen molar-refractivity contribution in [3.8, 4) is 0 Å². The van der Waals surface area contributed by atoms with Crippen molar-refractivity contribution in [1.29, 1.82) is 0 Å². The zero-order valence-corrected chi connectivity index (χ0v) is 11.9. The molecule has 0 amide bonds. The molecule has 5 nitrogen and oxygen atoms in total. The van der Waals surface area contributed by atoms with Gasteiger partial charge in [0.05, 0.1) is 6.61 Å². The molecule has 0 saturated heterocycles. The number of aromatic carboxylic acids is 1. The molecule has 2 rings (SSSR count). The summed E-state index contributed by atoms with van der Waals surface area (Å²) in [5.74, 6) is -0.385. The average Bonchev–Trinajstić information content (AvgIpc) is 2.47. The zero-order chi connectivity index (χ0) is 14.4. The highest BCUT2D eigenvalue weighted by Crippen LogP contribution is 2.36. The highest BCUT2D eigenvalue weighted by Gasteiger charge is 2.32. The van der Waals surface area contributed by atoms with Crippen LogP contribution in [0.4, 0.5) is 5.82 Å². The first-order valence-corrected chi connectivity index (χ1v) is 7.08. The maximum atomic E-state index is 10.9. The molecule has 2 N–H and O–H groups in total. The number of carbonyl (C=O) groups is 1. The fraction of sp³-hybridized carbons (Fsp3) is 0.600. The summed E-state index contributed by atoms with van der Waals surface area (Å²) in [6, 6.07) is 5.01. The Morgan fingerprint density at radius 2 is 2.15 bits per heavy atom. The van der Waals surface area contributed by atoms with Gasteiger partial charge in [-0.3, -0.25) is 0 Å². The van der Waals surface area contributed by atoms with Gasteiger partial charge in [0.25, 0.3) is 0 Å². The second-order valence-electron chi connectivity index (χ2n) is 5.56. The first-order chi connectivity index (χ1) is 9.65. The van der Waals surface area contributed by atoms with Crippen LogP contribution in [-0.2, 0) is 4.74 Å². The van der Waals surface area contributed by atoms with Crippen LogP contribution in [0.5, 0.6) is 0 Å². The van der Waals surface area contributed by atoms with Crippen LogP contribution < -0.4 is 5.32 Å². The summed E-state index contributed by atoms with van der Waals surface area (Å²) in [6.45, 7) is 1.51. The number of hydrogen-bond donors (Lipinski definition) is 2. The van der Waals surface area contributed by atoms with Gasteiger partial charge in [-0.05, 0) is 25.0 Å². The maximum absolute atomic E-state index is 10.9. The van der Waals surface area contributed by atoms with Crippen LogP contribution >= 0.6 is 0 Å². The molecule has 0 aromatic carbocycles. The van der Waals surface area contributed by atoms with Crippen molar-refractivity contribution in [3.05, 3.63) is 23.9 Å². The summed E-state index contributed by atoms with van der Waals surface area (Å²) in [7, 11) is 1.74. The van der Waals surface area contributed by atoms with E-state index >= 15 is 0 Å². The highest BCUT2D eigenvalue weighted by atomic mass is 16.5. The van der Waals surface area contributed by atoms with Gasteiger partial charge in [0.1, 0.15) is 5.82 Å². The molecule has 1 aromatic heterocycles. The molecule has 1 aliphatic carbocycles. The minimum absolute atomic E-state index is 0.0689. The van der Waals surface area contributed by atoms with E-state index in [-0.39, 0.29) is 11.1 Å². The number of ether oxygens (including phenoxy) is 1. The number of aromatic nitrogens is 1. The second kappa shape index (κ2) is 6.70. The molecule has 0 atom stereocenters. The van der Waals surface area contributed by atoms with E-state index in [0.29, 0.717) is 5.82 Å². The molecule has 1 aromatic rings. The summed E-state index contributed by atoms with van der Waals surface area (Å²) in [6.07, 6.45) is 6.04. The fourth-order valence-corrected chi connectivity index (χ4v) is 2.91. The van der Waals surface area contributed by atoms with Crippen molar-refractivity contribution in [3.63, 3.8) is 0 Å². The summed E-state index contributed by atoms with van der Waals surface area (Å²) in [4.78, 5) is 15.0. The van der Waals surface area contributed by atoms with E-state index in [1.165, 1.54) is 25.3 Å². The Balaban J connectivity index is 2.01. The van der Waals surface area contributed by atoms with Gasteiger partial charge in [0.2, 0.25) is 0 Å². The Kier molecular flexibility index (Phi) is 4.95. The maximum Gasteiger partial charge on any atom is 0.354 e. The normalized spacial score (nSPS) is 17.6. The number of rotatable bonds is 6. The molecule has 1 saturated carbocycles. The predicted molar refractivity (Wildman–Crippen MR) is 77.1 cm³/mol. The molecule has 0 spiro atoms. The third-order valence-electron chi connectivity index (χ3n) is 3.98.